The van der Waals surface area contributed by atoms with Gasteiger partial charge in [0.2, 0.25) is 0 Å². The van der Waals surface area contributed by atoms with Crippen LogP contribution in [0.2, 0.25) is 0 Å². The molecule has 0 aliphatic rings. The summed E-state index contributed by atoms with van der Waals surface area (Å²) in [5.41, 5.74) is 0. The van der Waals surface area contributed by atoms with Crippen LogP contribution in [0.3, 0.4) is 0 Å². The molecule has 0 aliphatic carbocycles. The molecule has 0 amide bonds. The van der Waals surface area contributed by atoms with Gasteiger partial charge < -0.3 is 9.84 Å². The molecule has 0 heterocycles. The lowest BCUT2D eigenvalue weighted by Gasteiger charge is -2.12. The smallest absolute Gasteiger partial charge is 0.336 e. The lowest BCUT2D eigenvalue weighted by atomic mass is 10.3. The number of aliphatic hydroxyl groups excluding tert-OH is 1. The van der Waals surface area contributed by atoms with Crippen LogP contribution in [0.15, 0.2) is 0 Å². The van der Waals surface area contributed by atoms with Gasteiger partial charge in [0.25, 0.3) is 0 Å². The largest absolute Gasteiger partial charge is 0.464 e. The van der Waals surface area contributed by atoms with Gasteiger partial charge in [-0.2, -0.15) is 12.6 Å². The van der Waals surface area contributed by atoms with Gasteiger partial charge in [-0.15, -0.1) is 0 Å². The summed E-state index contributed by atoms with van der Waals surface area (Å²) >= 11 is 3.93. The third-order valence-corrected chi connectivity index (χ3v) is 1.72. The monoisotopic (exact) mass is 192 g/mol. The maximum absolute atomic E-state index is 10.9. The molecular formula is C8H16O3S. The number of hydrogen-bond donors (Lipinski definition) is 2. The van der Waals surface area contributed by atoms with Crippen LogP contribution in [0.25, 0.3) is 0 Å². The van der Waals surface area contributed by atoms with Crippen LogP contribution in [-0.2, 0) is 9.53 Å². The van der Waals surface area contributed by atoms with Crippen molar-refractivity contribution in [3.63, 3.8) is 0 Å². The maximum atomic E-state index is 10.9. The Morgan fingerprint density at radius 1 is 1.67 bits per heavy atom. The summed E-state index contributed by atoms with van der Waals surface area (Å²) in [6.45, 7) is 4.03. The van der Waals surface area contributed by atoms with Crippen LogP contribution in [-0.4, -0.2) is 29.0 Å². The van der Waals surface area contributed by atoms with E-state index in [-0.39, 0.29) is 5.25 Å². The Balaban J connectivity index is 3.57. The van der Waals surface area contributed by atoms with E-state index in [0.717, 1.165) is 12.8 Å². The Morgan fingerprint density at radius 3 is 2.67 bits per heavy atom. The number of ether oxygens (including phenoxy) is 1. The first kappa shape index (κ1) is 11.8. The highest BCUT2D eigenvalue weighted by atomic mass is 32.1. The number of aliphatic hydroxyl groups is 1. The first-order valence-corrected chi connectivity index (χ1v) is 4.64. The van der Waals surface area contributed by atoms with E-state index in [9.17, 15) is 4.79 Å². The molecule has 0 bridgehead atoms. The summed E-state index contributed by atoms with van der Waals surface area (Å²) in [7, 11) is 0. The van der Waals surface area contributed by atoms with Gasteiger partial charge in [-0.25, -0.2) is 4.79 Å². The molecule has 0 aromatic carbocycles. The topological polar surface area (TPSA) is 46.5 Å². The van der Waals surface area contributed by atoms with Crippen molar-refractivity contribution < 1.29 is 14.6 Å². The number of carbonyl (C=O) groups excluding carboxylic acids is 1. The standard InChI is InChI=1S/C8H16O3S/c1-3-4-5-11-8(10)7(9)6(2)12/h6-7,9,12H,3-5H2,1-2H3/t6-,7+/m1/s1. The molecule has 0 aromatic heterocycles. The Bertz CT molecular complexity index is 136. The molecule has 0 spiro atoms. The molecule has 0 saturated heterocycles. The highest BCUT2D eigenvalue weighted by Crippen LogP contribution is 2.03. The Kier molecular flexibility index (Phi) is 6.20. The van der Waals surface area contributed by atoms with Gasteiger partial charge in [0.15, 0.2) is 6.10 Å². The summed E-state index contributed by atoms with van der Waals surface area (Å²) in [6.07, 6.45) is 0.698. The number of rotatable bonds is 5. The lowest BCUT2D eigenvalue weighted by Crippen LogP contribution is -2.30. The van der Waals surface area contributed by atoms with Crippen molar-refractivity contribution in [2.45, 2.75) is 38.0 Å². The first-order chi connectivity index (χ1) is 5.59. The molecule has 0 unspecified atom stereocenters. The van der Waals surface area contributed by atoms with Crippen LogP contribution in [0, 0.1) is 0 Å². The van der Waals surface area contributed by atoms with Gasteiger partial charge >= 0.3 is 5.97 Å². The second kappa shape index (κ2) is 6.31. The lowest BCUT2D eigenvalue weighted by molar-refractivity contribution is -0.153. The quantitative estimate of drug-likeness (QED) is 0.388. The average Bonchev–Trinajstić information content (AvgIpc) is 2.03. The van der Waals surface area contributed by atoms with Crippen molar-refractivity contribution >= 4 is 18.6 Å². The average molecular weight is 192 g/mol. The molecule has 4 heteroatoms. The van der Waals surface area contributed by atoms with Gasteiger partial charge in [0, 0.05) is 5.25 Å². The molecule has 0 aromatic rings. The Morgan fingerprint density at radius 2 is 2.25 bits per heavy atom. The highest BCUT2D eigenvalue weighted by Gasteiger charge is 2.20. The van der Waals surface area contributed by atoms with Crippen LogP contribution in [0.4, 0.5) is 0 Å². The zero-order chi connectivity index (χ0) is 9.56. The van der Waals surface area contributed by atoms with Crippen molar-refractivity contribution in [2.75, 3.05) is 6.61 Å². The molecule has 0 radical (unpaired) electrons. The second-order valence-corrected chi connectivity index (χ2v) is 3.52. The van der Waals surface area contributed by atoms with E-state index >= 15 is 0 Å². The minimum atomic E-state index is -1.11. The van der Waals surface area contributed by atoms with Gasteiger partial charge in [0.1, 0.15) is 0 Å². The molecule has 3 nitrogen and oxygen atoms in total. The van der Waals surface area contributed by atoms with E-state index in [0.29, 0.717) is 6.61 Å². The molecule has 0 rings (SSSR count). The molecule has 72 valence electrons. The van der Waals surface area contributed by atoms with Gasteiger partial charge in [-0.1, -0.05) is 20.3 Å². The summed E-state index contributed by atoms with van der Waals surface area (Å²) < 4.78 is 4.77. The van der Waals surface area contributed by atoms with E-state index in [1.54, 1.807) is 6.92 Å². The SMILES string of the molecule is CCCCOC(=O)[C@@H](O)[C@@H](C)S. The van der Waals surface area contributed by atoms with Crippen LogP contribution < -0.4 is 0 Å². The van der Waals surface area contributed by atoms with E-state index in [1.807, 2.05) is 6.92 Å². The number of hydrogen-bond acceptors (Lipinski definition) is 4. The molecule has 0 saturated carbocycles. The molecule has 0 aliphatic heterocycles. The fraction of sp³-hybridized carbons (Fsp3) is 0.875. The third kappa shape index (κ3) is 4.62. The molecular weight excluding hydrogens is 176 g/mol. The van der Waals surface area contributed by atoms with Gasteiger partial charge in [-0.3, -0.25) is 0 Å². The van der Waals surface area contributed by atoms with Crippen molar-refractivity contribution in [2.24, 2.45) is 0 Å². The minimum absolute atomic E-state index is 0.376. The van der Waals surface area contributed by atoms with E-state index in [4.69, 9.17) is 9.84 Å². The van der Waals surface area contributed by atoms with Crippen LogP contribution in [0.5, 0.6) is 0 Å². The van der Waals surface area contributed by atoms with E-state index in [2.05, 4.69) is 12.6 Å². The second-order valence-electron chi connectivity index (χ2n) is 2.71. The highest BCUT2D eigenvalue weighted by molar-refractivity contribution is 7.81. The normalized spacial score (nSPS) is 15.3. The summed E-state index contributed by atoms with van der Waals surface area (Å²) in [5.74, 6) is -0.578. The molecule has 12 heavy (non-hydrogen) atoms. The van der Waals surface area contributed by atoms with E-state index in [1.165, 1.54) is 0 Å². The Hall–Kier alpha value is -0.220. The molecule has 1 N–H and O–H groups in total. The molecule has 0 fully saturated rings. The van der Waals surface area contributed by atoms with E-state index < -0.39 is 12.1 Å². The first-order valence-electron chi connectivity index (χ1n) is 4.12. The zero-order valence-electron chi connectivity index (χ0n) is 7.49. The van der Waals surface area contributed by atoms with Crippen LogP contribution in [0.1, 0.15) is 26.7 Å². The van der Waals surface area contributed by atoms with Gasteiger partial charge in [-0.05, 0) is 6.42 Å². The maximum Gasteiger partial charge on any atom is 0.336 e. The zero-order valence-corrected chi connectivity index (χ0v) is 8.38. The van der Waals surface area contributed by atoms with Crippen molar-refractivity contribution in [1.29, 1.82) is 0 Å². The number of esters is 1. The van der Waals surface area contributed by atoms with Crippen molar-refractivity contribution in [1.82, 2.24) is 0 Å². The number of carbonyl (C=O) groups is 1. The fourth-order valence-electron chi connectivity index (χ4n) is 0.599. The minimum Gasteiger partial charge on any atom is -0.464 e. The van der Waals surface area contributed by atoms with Crippen molar-refractivity contribution in [3.05, 3.63) is 0 Å². The predicted octanol–water partition coefficient (Wildman–Crippen LogP) is 1.01. The third-order valence-electron chi connectivity index (χ3n) is 1.44. The summed E-state index contributed by atoms with van der Waals surface area (Å²) in [4.78, 5) is 10.9. The van der Waals surface area contributed by atoms with Gasteiger partial charge in [0.05, 0.1) is 6.61 Å². The number of thiol groups is 1. The Labute approximate surface area is 78.5 Å². The summed E-state index contributed by atoms with van der Waals surface area (Å²) in [6, 6.07) is 0. The fourth-order valence-corrected chi connectivity index (χ4v) is 0.721. The molecule has 2 atom stereocenters. The van der Waals surface area contributed by atoms with Crippen molar-refractivity contribution in [3.8, 4) is 0 Å². The predicted molar refractivity (Wildman–Crippen MR) is 50.3 cm³/mol. The summed E-state index contributed by atoms with van der Waals surface area (Å²) in [5, 5.41) is 8.77. The van der Waals surface area contributed by atoms with Crippen LogP contribution >= 0.6 is 12.6 Å². The number of unbranched alkanes of at least 4 members (excludes halogenated alkanes) is 1.